The zero-order valence-corrected chi connectivity index (χ0v) is 37.5. The van der Waals surface area contributed by atoms with Gasteiger partial charge in [-0.05, 0) is 166 Å². The second-order valence-corrected chi connectivity index (χ2v) is 22.4. The molecule has 0 radical (unpaired) electrons. The van der Waals surface area contributed by atoms with Crippen LogP contribution in [0.4, 0.5) is 0 Å². The number of ether oxygens (including phenoxy) is 5. The Bertz CT molecular complexity index is 1590. The summed E-state index contributed by atoms with van der Waals surface area (Å²) in [5.74, 6) is 3.42. The van der Waals surface area contributed by atoms with Gasteiger partial charge in [-0.25, -0.2) is 4.79 Å². The molecule has 8 atom stereocenters. The molecule has 0 amide bonds. The summed E-state index contributed by atoms with van der Waals surface area (Å²) in [7, 11) is 0. The summed E-state index contributed by atoms with van der Waals surface area (Å²) < 4.78 is 28.0. The SMILES string of the molecule is CCC(C)(C)C(=O)OC12CC3CC(CC(O)(C3)C1)C2.CCC(C)(C)C(=O)OCC(=O)OC1(C)C2CC3CC(C2)CC1C3.CCC(C)C(=O)OC1C2CC3C(=O)OC1C3C2. The number of aliphatic hydroxyl groups is 1. The molecule has 332 valence electrons. The summed E-state index contributed by atoms with van der Waals surface area (Å²) in [5, 5.41) is 10.6. The van der Waals surface area contributed by atoms with Crippen LogP contribution in [0.25, 0.3) is 0 Å². The van der Waals surface area contributed by atoms with Crippen LogP contribution in [0.3, 0.4) is 0 Å². The van der Waals surface area contributed by atoms with Crippen molar-refractivity contribution in [1.29, 1.82) is 0 Å². The van der Waals surface area contributed by atoms with Crippen LogP contribution < -0.4 is 0 Å². The first-order valence-electron chi connectivity index (χ1n) is 23.4. The Labute approximate surface area is 352 Å². The Morgan fingerprint density at radius 2 is 1.34 bits per heavy atom. The van der Waals surface area contributed by atoms with Gasteiger partial charge in [0, 0.05) is 18.3 Å². The Hall–Kier alpha value is -2.69. The molecular weight excluding hydrogens is 753 g/mol. The van der Waals surface area contributed by atoms with E-state index in [-0.39, 0.29) is 71.7 Å². The van der Waals surface area contributed by atoms with E-state index < -0.39 is 16.4 Å². The van der Waals surface area contributed by atoms with E-state index in [4.69, 9.17) is 23.7 Å². The standard InChI is InChI=1S/C19H30O4.C16H26O3.C13H18O4/c1-5-18(2,3)17(21)22-11-16(20)23-19(4)14-7-12-6-13(9-14)10-15(19)8-12;1-4-14(2,3)13(17)19-16-8-11-5-12(9-16)7-15(18,6-11)10-16;1-3-6(2)12(14)16-10-7-4-8-9(5-7)13(15)17-11(8)10/h12-15H,5-11H2,1-4H3;11-12,18H,4-10H2,1-3H3;6-11H,3-5H2,1-2H3. The lowest BCUT2D eigenvalue weighted by atomic mass is 9.50. The van der Waals surface area contributed by atoms with Crippen molar-refractivity contribution in [3.05, 3.63) is 0 Å². The van der Waals surface area contributed by atoms with E-state index in [1.807, 2.05) is 55.4 Å². The molecule has 1 heterocycles. The van der Waals surface area contributed by atoms with Crippen molar-refractivity contribution in [2.75, 3.05) is 6.61 Å². The molecule has 59 heavy (non-hydrogen) atoms. The summed E-state index contributed by atoms with van der Waals surface area (Å²) in [4.78, 5) is 60.0. The average molecular weight is 827 g/mol. The van der Waals surface area contributed by atoms with E-state index in [1.54, 1.807) is 0 Å². The van der Waals surface area contributed by atoms with Crippen LogP contribution in [0.5, 0.6) is 0 Å². The molecule has 10 bridgehead atoms. The van der Waals surface area contributed by atoms with Gasteiger partial charge < -0.3 is 28.8 Å². The van der Waals surface area contributed by atoms with Gasteiger partial charge in [0.05, 0.1) is 28.3 Å². The van der Waals surface area contributed by atoms with Crippen molar-refractivity contribution in [2.24, 2.45) is 70.0 Å². The maximum atomic E-state index is 12.4. The third kappa shape index (κ3) is 8.71. The largest absolute Gasteiger partial charge is 0.459 e. The second-order valence-electron chi connectivity index (χ2n) is 22.4. The van der Waals surface area contributed by atoms with Gasteiger partial charge in [0.15, 0.2) is 6.61 Å². The predicted octanol–water partition coefficient (Wildman–Crippen LogP) is 8.30. The summed E-state index contributed by atoms with van der Waals surface area (Å²) in [6.45, 7) is 17.2. The molecule has 8 unspecified atom stereocenters. The number of carbonyl (C=O) groups excluding carboxylic acids is 5. The highest BCUT2D eigenvalue weighted by Crippen LogP contribution is 2.61. The van der Waals surface area contributed by atoms with Gasteiger partial charge in [-0.1, -0.05) is 27.7 Å². The smallest absolute Gasteiger partial charge is 0.344 e. The van der Waals surface area contributed by atoms with Crippen molar-refractivity contribution in [1.82, 2.24) is 0 Å². The van der Waals surface area contributed by atoms with Gasteiger partial charge in [0.1, 0.15) is 23.4 Å². The van der Waals surface area contributed by atoms with E-state index in [0.717, 1.165) is 63.2 Å². The van der Waals surface area contributed by atoms with Crippen LogP contribution in [0, 0.1) is 70.0 Å². The summed E-state index contributed by atoms with van der Waals surface area (Å²) in [6.07, 6.45) is 15.6. The number of esters is 5. The van der Waals surface area contributed by atoms with Crippen molar-refractivity contribution < 1.29 is 52.8 Å². The molecule has 0 aromatic heterocycles. The minimum Gasteiger partial charge on any atom is -0.459 e. The molecule has 11 fully saturated rings. The Morgan fingerprint density at radius 1 is 0.780 bits per heavy atom. The quantitative estimate of drug-likeness (QED) is 0.158. The van der Waals surface area contributed by atoms with E-state index in [2.05, 4.69) is 6.92 Å². The fourth-order valence-electron chi connectivity index (χ4n) is 13.2. The first-order valence-corrected chi connectivity index (χ1v) is 23.4. The number of fused-ring (bicyclic) bond motifs is 1. The summed E-state index contributed by atoms with van der Waals surface area (Å²) in [5.41, 5.74) is -2.22. The summed E-state index contributed by atoms with van der Waals surface area (Å²) >= 11 is 0. The fraction of sp³-hybridized carbons (Fsp3) is 0.896. The Kier molecular flexibility index (Phi) is 12.2. The second kappa shape index (κ2) is 16.2. The number of rotatable bonds is 11. The highest BCUT2D eigenvalue weighted by molar-refractivity contribution is 5.80. The third-order valence-electron chi connectivity index (χ3n) is 17.3. The van der Waals surface area contributed by atoms with Crippen molar-refractivity contribution in [2.45, 2.75) is 194 Å². The molecule has 11 aliphatic rings. The van der Waals surface area contributed by atoms with Gasteiger partial charge in [0.2, 0.25) is 0 Å². The molecule has 0 aromatic rings. The fourth-order valence-corrected chi connectivity index (χ4v) is 13.2. The molecular formula is C48H74O11. The highest BCUT2D eigenvalue weighted by atomic mass is 16.6. The Balaban J connectivity index is 0.000000136. The van der Waals surface area contributed by atoms with Gasteiger partial charge >= 0.3 is 29.8 Å². The van der Waals surface area contributed by atoms with Gasteiger partial charge in [0.25, 0.3) is 0 Å². The first-order chi connectivity index (χ1) is 27.6. The molecule has 11 nitrogen and oxygen atoms in total. The lowest BCUT2D eigenvalue weighted by Gasteiger charge is -2.59. The Morgan fingerprint density at radius 3 is 1.88 bits per heavy atom. The highest BCUT2D eigenvalue weighted by Gasteiger charge is 2.64. The van der Waals surface area contributed by atoms with Crippen LogP contribution >= 0.6 is 0 Å². The number of hydrogen-bond acceptors (Lipinski definition) is 11. The van der Waals surface area contributed by atoms with Crippen molar-refractivity contribution >= 4 is 29.8 Å². The third-order valence-corrected chi connectivity index (χ3v) is 17.3. The van der Waals surface area contributed by atoms with Crippen LogP contribution in [-0.2, 0) is 47.7 Å². The summed E-state index contributed by atoms with van der Waals surface area (Å²) in [6, 6.07) is 0. The average Bonchev–Trinajstić information content (AvgIpc) is 3.80. The van der Waals surface area contributed by atoms with Crippen molar-refractivity contribution in [3.63, 3.8) is 0 Å². The number of carbonyl (C=O) groups is 5. The molecule has 1 aliphatic heterocycles. The van der Waals surface area contributed by atoms with Gasteiger partial charge in [-0.15, -0.1) is 0 Å². The molecule has 1 N–H and O–H groups in total. The number of hydrogen-bond donors (Lipinski definition) is 1. The zero-order valence-electron chi connectivity index (χ0n) is 37.5. The van der Waals surface area contributed by atoms with E-state index >= 15 is 0 Å². The molecule has 1 saturated heterocycles. The molecule has 10 saturated carbocycles. The lowest BCUT2D eigenvalue weighted by Crippen LogP contribution is -2.61. The molecule has 10 aliphatic carbocycles. The van der Waals surface area contributed by atoms with Crippen LogP contribution in [-0.4, -0.2) is 70.6 Å². The molecule has 11 rings (SSSR count). The lowest BCUT2D eigenvalue weighted by molar-refractivity contribution is -0.225. The maximum absolute atomic E-state index is 12.4. The first kappa shape index (κ1) is 44.4. The monoisotopic (exact) mass is 827 g/mol. The topological polar surface area (TPSA) is 152 Å². The van der Waals surface area contributed by atoms with E-state index in [0.29, 0.717) is 48.3 Å². The molecule has 0 spiro atoms. The maximum Gasteiger partial charge on any atom is 0.344 e. The van der Waals surface area contributed by atoms with Crippen LogP contribution in [0.15, 0.2) is 0 Å². The van der Waals surface area contributed by atoms with Gasteiger partial charge in [-0.2, -0.15) is 0 Å². The minimum absolute atomic E-state index is 0.0676. The van der Waals surface area contributed by atoms with E-state index in [9.17, 15) is 29.1 Å². The molecule has 11 heteroatoms. The van der Waals surface area contributed by atoms with Crippen LogP contribution in [0.2, 0.25) is 0 Å². The molecule has 0 aromatic carbocycles. The predicted molar refractivity (Wildman–Crippen MR) is 218 cm³/mol. The van der Waals surface area contributed by atoms with Gasteiger partial charge in [-0.3, -0.25) is 19.2 Å². The van der Waals surface area contributed by atoms with Crippen molar-refractivity contribution in [3.8, 4) is 0 Å². The minimum atomic E-state index is -0.555. The van der Waals surface area contributed by atoms with E-state index in [1.165, 1.54) is 38.5 Å². The van der Waals surface area contributed by atoms with Crippen LogP contribution in [0.1, 0.15) is 165 Å². The zero-order chi connectivity index (χ0) is 42.9. The normalized spacial score (nSPS) is 41.9.